The Hall–Kier alpha value is 0.360. The summed E-state index contributed by atoms with van der Waals surface area (Å²) in [7, 11) is 0. The van der Waals surface area contributed by atoms with Gasteiger partial charge in [-0.1, -0.05) is 42.5 Å². The average Bonchev–Trinajstić information content (AvgIpc) is 2.26. The van der Waals surface area contributed by atoms with Gasteiger partial charge in [-0.2, -0.15) is 0 Å². The van der Waals surface area contributed by atoms with Crippen LogP contribution < -0.4 is 0 Å². The molecule has 0 bridgehead atoms. The minimum absolute atomic E-state index is 0. The molecule has 4 heteroatoms. The molecule has 0 fully saturated rings. The Labute approximate surface area is 150 Å². The van der Waals surface area contributed by atoms with E-state index in [9.17, 15) is 0 Å². The Balaban J connectivity index is 0. The fourth-order valence-electron chi connectivity index (χ4n) is 2.13. The zero-order chi connectivity index (χ0) is 9.38. The summed E-state index contributed by atoms with van der Waals surface area (Å²) < 4.78 is 0. The van der Waals surface area contributed by atoms with Crippen LogP contribution in [-0.2, 0) is 6.42 Å². The second-order valence-electron chi connectivity index (χ2n) is 3.84. The van der Waals surface area contributed by atoms with Gasteiger partial charge < -0.3 is 0 Å². The van der Waals surface area contributed by atoms with Gasteiger partial charge >= 0.3 is 0 Å². The highest BCUT2D eigenvalue weighted by Gasteiger charge is 2.05. The predicted molar refractivity (Wildman–Crippen MR) is 103 cm³/mol. The molecule has 1 aliphatic rings. The van der Waals surface area contributed by atoms with Crippen LogP contribution in [0, 0.1) is 0 Å². The van der Waals surface area contributed by atoms with Gasteiger partial charge in [0.2, 0.25) is 0 Å². The van der Waals surface area contributed by atoms with E-state index in [1.165, 1.54) is 34.7 Å². The standard InChI is InChI=1S/C14H12.4BrH/c1-2-6-12-10-14-8-4-3-7-13(14)9-11(12)5-1;;;;/h1-3,5-7,9-10H,4,8H2;4*1H. The van der Waals surface area contributed by atoms with Crippen molar-refractivity contribution < 1.29 is 0 Å². The summed E-state index contributed by atoms with van der Waals surface area (Å²) in [5.41, 5.74) is 2.89. The van der Waals surface area contributed by atoms with Crippen molar-refractivity contribution in [1.29, 1.82) is 0 Å². The number of halogens is 4. The number of hydrogen-bond acceptors (Lipinski definition) is 0. The lowest BCUT2D eigenvalue weighted by Gasteiger charge is -2.11. The molecular weight excluding hydrogens is 488 g/mol. The van der Waals surface area contributed by atoms with Gasteiger partial charge in [0.1, 0.15) is 0 Å². The number of hydrogen-bond donors (Lipinski definition) is 0. The second-order valence-corrected chi connectivity index (χ2v) is 3.84. The highest BCUT2D eigenvalue weighted by molar-refractivity contribution is 8.93. The van der Waals surface area contributed by atoms with Gasteiger partial charge in [0, 0.05) is 0 Å². The lowest BCUT2D eigenvalue weighted by molar-refractivity contribution is 0.989. The van der Waals surface area contributed by atoms with Crippen molar-refractivity contribution in [2.24, 2.45) is 0 Å². The molecule has 0 saturated carbocycles. The van der Waals surface area contributed by atoms with Crippen LogP contribution in [0.1, 0.15) is 17.5 Å². The summed E-state index contributed by atoms with van der Waals surface area (Å²) in [6.07, 6.45) is 6.88. The molecule has 100 valence electrons. The van der Waals surface area contributed by atoms with Crippen molar-refractivity contribution in [2.75, 3.05) is 0 Å². The van der Waals surface area contributed by atoms with Crippen molar-refractivity contribution in [3.05, 3.63) is 53.6 Å². The van der Waals surface area contributed by atoms with Crippen LogP contribution in [0.25, 0.3) is 16.8 Å². The van der Waals surface area contributed by atoms with E-state index in [1.54, 1.807) is 0 Å². The molecule has 0 amide bonds. The summed E-state index contributed by atoms with van der Waals surface area (Å²) in [4.78, 5) is 0. The lowest BCUT2D eigenvalue weighted by Crippen LogP contribution is -1.93. The number of fused-ring (bicyclic) bond motifs is 2. The Morgan fingerprint density at radius 1 is 0.778 bits per heavy atom. The van der Waals surface area contributed by atoms with Crippen molar-refractivity contribution in [3.8, 4) is 0 Å². The second kappa shape index (κ2) is 9.29. The third-order valence-corrected chi connectivity index (χ3v) is 2.89. The Kier molecular flexibility index (Phi) is 10.7. The van der Waals surface area contributed by atoms with Gasteiger partial charge in [-0.05, 0) is 40.8 Å². The molecular formula is C14H16Br4. The molecule has 0 heterocycles. The third-order valence-electron chi connectivity index (χ3n) is 2.89. The van der Waals surface area contributed by atoms with Crippen molar-refractivity contribution in [2.45, 2.75) is 12.8 Å². The van der Waals surface area contributed by atoms with Gasteiger partial charge in [-0.25, -0.2) is 0 Å². The van der Waals surface area contributed by atoms with Crippen LogP contribution >= 0.6 is 67.9 Å². The van der Waals surface area contributed by atoms with E-state index in [4.69, 9.17) is 0 Å². The Morgan fingerprint density at radius 3 is 2.06 bits per heavy atom. The quantitative estimate of drug-likeness (QED) is 0.407. The topological polar surface area (TPSA) is 0 Å². The largest absolute Gasteiger partial charge is 0.114 e. The van der Waals surface area contributed by atoms with E-state index >= 15 is 0 Å². The lowest BCUT2D eigenvalue weighted by atomic mass is 9.94. The summed E-state index contributed by atoms with van der Waals surface area (Å²) >= 11 is 0. The highest BCUT2D eigenvalue weighted by atomic mass is 79.9. The van der Waals surface area contributed by atoms with Crippen molar-refractivity contribution in [3.63, 3.8) is 0 Å². The number of rotatable bonds is 0. The Bertz CT molecular complexity index is 520. The predicted octanol–water partition coefficient (Wildman–Crippen LogP) is 6.11. The smallest absolute Gasteiger partial charge is 0.0178 e. The van der Waals surface area contributed by atoms with Crippen LogP contribution in [0.15, 0.2) is 42.5 Å². The molecule has 0 nitrogen and oxygen atoms in total. The third kappa shape index (κ3) is 4.19. The summed E-state index contributed by atoms with van der Waals surface area (Å²) in [6.45, 7) is 0. The van der Waals surface area contributed by atoms with E-state index in [-0.39, 0.29) is 67.9 Å². The van der Waals surface area contributed by atoms with E-state index < -0.39 is 0 Å². The average molecular weight is 504 g/mol. The van der Waals surface area contributed by atoms with Gasteiger partial charge in [0.25, 0.3) is 0 Å². The fourth-order valence-corrected chi connectivity index (χ4v) is 2.13. The van der Waals surface area contributed by atoms with Crippen LogP contribution in [0.5, 0.6) is 0 Å². The summed E-state index contributed by atoms with van der Waals surface area (Å²) in [5.74, 6) is 0. The maximum Gasteiger partial charge on any atom is -0.0178 e. The summed E-state index contributed by atoms with van der Waals surface area (Å²) in [5, 5.41) is 2.71. The minimum atomic E-state index is 0. The van der Waals surface area contributed by atoms with Crippen LogP contribution in [0.3, 0.4) is 0 Å². The van der Waals surface area contributed by atoms with Gasteiger partial charge in [0.05, 0.1) is 0 Å². The van der Waals surface area contributed by atoms with E-state index in [0.29, 0.717) is 0 Å². The molecule has 1 aliphatic carbocycles. The molecule has 0 N–H and O–H groups in total. The molecule has 0 radical (unpaired) electrons. The van der Waals surface area contributed by atoms with Crippen LogP contribution in [0.2, 0.25) is 0 Å². The molecule has 0 spiro atoms. The molecule has 0 aliphatic heterocycles. The van der Waals surface area contributed by atoms with Gasteiger partial charge in [0.15, 0.2) is 0 Å². The molecule has 0 saturated heterocycles. The van der Waals surface area contributed by atoms with Crippen molar-refractivity contribution >= 4 is 84.8 Å². The molecule has 0 aromatic heterocycles. The van der Waals surface area contributed by atoms with Gasteiger partial charge in [-0.3, -0.25) is 0 Å². The Morgan fingerprint density at radius 2 is 1.39 bits per heavy atom. The highest BCUT2D eigenvalue weighted by Crippen LogP contribution is 2.25. The number of aryl methyl sites for hydroxylation is 1. The molecule has 3 rings (SSSR count). The molecule has 0 unspecified atom stereocenters. The van der Waals surface area contributed by atoms with Crippen molar-refractivity contribution in [1.82, 2.24) is 0 Å². The zero-order valence-corrected chi connectivity index (χ0v) is 16.5. The maximum absolute atomic E-state index is 2.33. The molecule has 2 aromatic carbocycles. The first-order valence-corrected chi connectivity index (χ1v) is 5.12. The molecule has 0 atom stereocenters. The monoisotopic (exact) mass is 500 g/mol. The SMILES string of the molecule is Br.Br.Br.Br.C1=Cc2cc3ccccc3cc2CC1. The first-order valence-electron chi connectivity index (χ1n) is 5.12. The van der Waals surface area contributed by atoms with Crippen LogP contribution in [0.4, 0.5) is 0 Å². The normalized spacial score (nSPS) is 11.1. The first kappa shape index (κ1) is 20.7. The molecule has 2 aromatic rings. The van der Waals surface area contributed by atoms with Gasteiger partial charge in [-0.15, -0.1) is 67.9 Å². The zero-order valence-electron chi connectivity index (χ0n) is 9.67. The fraction of sp³-hybridized carbons (Fsp3) is 0.143. The number of allylic oxidation sites excluding steroid dienone is 1. The van der Waals surface area contributed by atoms with E-state index in [0.717, 1.165) is 0 Å². The number of benzene rings is 2. The first-order chi connectivity index (χ1) is 6.93. The van der Waals surface area contributed by atoms with E-state index in [2.05, 4.69) is 48.6 Å². The maximum atomic E-state index is 2.33. The summed E-state index contributed by atoms with van der Waals surface area (Å²) in [6, 6.07) is 13.2. The molecule has 18 heavy (non-hydrogen) atoms. The van der Waals surface area contributed by atoms with E-state index in [1.807, 2.05) is 0 Å². The van der Waals surface area contributed by atoms with Crippen LogP contribution in [-0.4, -0.2) is 0 Å². The minimum Gasteiger partial charge on any atom is -0.114 e.